The minimum Gasteiger partial charge on any atom is -0.378 e. The standard InChI is InChI=1S/C9H16ClNO2/c1-2-8-7(3-4-13-8)6-11-9(12)5-10/h7-8H,2-6H2,1H3,(H,11,12). The van der Waals surface area contributed by atoms with E-state index in [0.717, 1.165) is 19.4 Å². The van der Waals surface area contributed by atoms with Gasteiger partial charge in [0.05, 0.1) is 6.10 Å². The molecule has 1 N–H and O–H groups in total. The van der Waals surface area contributed by atoms with Crippen LogP contribution in [0.25, 0.3) is 0 Å². The SMILES string of the molecule is CCC1OCCC1CNC(=O)CCl. The Morgan fingerprint density at radius 1 is 1.69 bits per heavy atom. The summed E-state index contributed by atoms with van der Waals surface area (Å²) in [4.78, 5) is 10.9. The predicted molar refractivity (Wildman–Crippen MR) is 51.9 cm³/mol. The molecule has 0 saturated carbocycles. The second kappa shape index (κ2) is 5.45. The zero-order chi connectivity index (χ0) is 9.68. The monoisotopic (exact) mass is 205 g/mol. The molecular formula is C9H16ClNO2. The van der Waals surface area contributed by atoms with Gasteiger partial charge < -0.3 is 10.1 Å². The molecule has 0 aromatic rings. The lowest BCUT2D eigenvalue weighted by atomic mass is 10.00. The molecule has 0 aliphatic carbocycles. The van der Waals surface area contributed by atoms with Crippen molar-refractivity contribution in [2.75, 3.05) is 19.0 Å². The van der Waals surface area contributed by atoms with Crippen molar-refractivity contribution in [1.29, 1.82) is 0 Å². The summed E-state index contributed by atoms with van der Waals surface area (Å²) in [5.41, 5.74) is 0. The van der Waals surface area contributed by atoms with E-state index in [0.29, 0.717) is 18.6 Å². The Morgan fingerprint density at radius 3 is 3.08 bits per heavy atom. The van der Waals surface area contributed by atoms with Gasteiger partial charge in [0.25, 0.3) is 0 Å². The molecule has 1 aliphatic rings. The summed E-state index contributed by atoms with van der Waals surface area (Å²) in [5.74, 6) is 0.422. The Labute approximate surface area is 83.8 Å². The van der Waals surface area contributed by atoms with Crippen molar-refractivity contribution in [2.45, 2.75) is 25.9 Å². The summed E-state index contributed by atoms with van der Waals surface area (Å²) < 4.78 is 5.50. The van der Waals surface area contributed by atoms with Gasteiger partial charge in [0, 0.05) is 19.1 Å². The summed E-state index contributed by atoms with van der Waals surface area (Å²) in [7, 11) is 0. The molecule has 0 spiro atoms. The Morgan fingerprint density at radius 2 is 2.46 bits per heavy atom. The molecule has 4 heteroatoms. The number of halogens is 1. The van der Waals surface area contributed by atoms with Crippen LogP contribution in [-0.2, 0) is 9.53 Å². The first-order valence-corrected chi connectivity index (χ1v) is 5.25. The fourth-order valence-corrected chi connectivity index (χ4v) is 1.76. The highest BCUT2D eigenvalue weighted by atomic mass is 35.5. The molecule has 1 saturated heterocycles. The molecule has 0 bridgehead atoms. The lowest BCUT2D eigenvalue weighted by Gasteiger charge is -2.16. The van der Waals surface area contributed by atoms with Gasteiger partial charge in [-0.25, -0.2) is 0 Å². The van der Waals surface area contributed by atoms with E-state index < -0.39 is 0 Å². The third-order valence-corrected chi connectivity index (χ3v) is 2.67. The maximum atomic E-state index is 10.9. The average Bonchev–Trinajstić information content (AvgIpc) is 2.61. The minimum absolute atomic E-state index is 0.0460. The van der Waals surface area contributed by atoms with Gasteiger partial charge in [0.1, 0.15) is 5.88 Å². The van der Waals surface area contributed by atoms with Crippen molar-refractivity contribution >= 4 is 17.5 Å². The van der Waals surface area contributed by atoms with E-state index in [1.54, 1.807) is 0 Å². The molecule has 0 radical (unpaired) electrons. The lowest BCUT2D eigenvalue weighted by Crippen LogP contribution is -2.33. The van der Waals surface area contributed by atoms with Crippen LogP contribution in [0.3, 0.4) is 0 Å². The van der Waals surface area contributed by atoms with Crippen LogP contribution in [0.5, 0.6) is 0 Å². The van der Waals surface area contributed by atoms with E-state index in [4.69, 9.17) is 16.3 Å². The number of nitrogens with one attached hydrogen (secondary N) is 1. The second-order valence-corrected chi connectivity index (χ2v) is 3.57. The summed E-state index contributed by atoms with van der Waals surface area (Å²) in [6.07, 6.45) is 2.37. The molecule has 1 aliphatic heterocycles. The Hall–Kier alpha value is -0.280. The van der Waals surface area contributed by atoms with Crippen molar-refractivity contribution in [3.8, 4) is 0 Å². The number of carbonyl (C=O) groups excluding carboxylic acids is 1. The molecule has 1 fully saturated rings. The van der Waals surface area contributed by atoms with Gasteiger partial charge in [-0.2, -0.15) is 0 Å². The topological polar surface area (TPSA) is 38.3 Å². The quantitative estimate of drug-likeness (QED) is 0.700. The lowest BCUT2D eigenvalue weighted by molar-refractivity contribution is -0.118. The first-order chi connectivity index (χ1) is 6.27. The molecule has 0 aromatic heterocycles. The smallest absolute Gasteiger partial charge is 0.234 e. The normalized spacial score (nSPS) is 27.5. The third kappa shape index (κ3) is 3.16. The van der Waals surface area contributed by atoms with Gasteiger partial charge in [-0.3, -0.25) is 4.79 Å². The van der Waals surface area contributed by atoms with Crippen LogP contribution >= 0.6 is 11.6 Å². The van der Waals surface area contributed by atoms with Crippen molar-refractivity contribution in [3.05, 3.63) is 0 Å². The number of carbonyl (C=O) groups is 1. The minimum atomic E-state index is -0.0941. The number of rotatable bonds is 4. The summed E-state index contributed by atoms with van der Waals surface area (Å²) in [5, 5.41) is 2.79. The number of amides is 1. The van der Waals surface area contributed by atoms with Crippen LogP contribution < -0.4 is 5.32 Å². The fourth-order valence-electron chi connectivity index (χ4n) is 1.67. The Balaban J connectivity index is 2.23. The molecule has 1 rings (SSSR count). The van der Waals surface area contributed by atoms with Crippen LogP contribution in [0.4, 0.5) is 0 Å². The fraction of sp³-hybridized carbons (Fsp3) is 0.889. The van der Waals surface area contributed by atoms with E-state index in [1.807, 2.05) is 0 Å². The van der Waals surface area contributed by atoms with Crippen LogP contribution in [0, 0.1) is 5.92 Å². The molecule has 1 heterocycles. The third-order valence-electron chi connectivity index (χ3n) is 2.43. The predicted octanol–water partition coefficient (Wildman–Crippen LogP) is 1.16. The summed E-state index contributed by atoms with van der Waals surface area (Å²) in [6.45, 7) is 3.62. The van der Waals surface area contributed by atoms with Gasteiger partial charge in [0.15, 0.2) is 0 Å². The van der Waals surface area contributed by atoms with E-state index in [1.165, 1.54) is 0 Å². The molecule has 3 nitrogen and oxygen atoms in total. The van der Waals surface area contributed by atoms with Crippen molar-refractivity contribution in [2.24, 2.45) is 5.92 Å². The zero-order valence-electron chi connectivity index (χ0n) is 7.88. The van der Waals surface area contributed by atoms with E-state index in [2.05, 4.69) is 12.2 Å². The Bertz CT molecular complexity index is 175. The molecule has 76 valence electrons. The molecular weight excluding hydrogens is 190 g/mol. The number of hydrogen-bond acceptors (Lipinski definition) is 2. The van der Waals surface area contributed by atoms with Crippen LogP contribution in [-0.4, -0.2) is 31.0 Å². The molecule has 2 atom stereocenters. The number of hydrogen-bond donors (Lipinski definition) is 1. The van der Waals surface area contributed by atoms with E-state index in [9.17, 15) is 4.79 Å². The number of ether oxygens (including phenoxy) is 1. The van der Waals surface area contributed by atoms with E-state index >= 15 is 0 Å². The number of alkyl halides is 1. The largest absolute Gasteiger partial charge is 0.378 e. The maximum absolute atomic E-state index is 10.9. The van der Waals surface area contributed by atoms with Crippen molar-refractivity contribution in [3.63, 3.8) is 0 Å². The average molecular weight is 206 g/mol. The summed E-state index contributed by atoms with van der Waals surface area (Å²) in [6, 6.07) is 0. The molecule has 13 heavy (non-hydrogen) atoms. The zero-order valence-corrected chi connectivity index (χ0v) is 8.64. The molecule has 2 unspecified atom stereocenters. The highest BCUT2D eigenvalue weighted by Gasteiger charge is 2.26. The highest BCUT2D eigenvalue weighted by molar-refractivity contribution is 6.27. The van der Waals surface area contributed by atoms with Gasteiger partial charge in [-0.1, -0.05) is 6.92 Å². The molecule has 0 aromatic carbocycles. The van der Waals surface area contributed by atoms with Gasteiger partial charge in [-0.15, -0.1) is 11.6 Å². The first kappa shape index (κ1) is 10.8. The molecule has 1 amide bonds. The van der Waals surface area contributed by atoms with Crippen LogP contribution in [0.15, 0.2) is 0 Å². The maximum Gasteiger partial charge on any atom is 0.234 e. The van der Waals surface area contributed by atoms with Crippen molar-refractivity contribution in [1.82, 2.24) is 5.32 Å². The van der Waals surface area contributed by atoms with Crippen LogP contribution in [0.2, 0.25) is 0 Å². The van der Waals surface area contributed by atoms with Gasteiger partial charge >= 0.3 is 0 Å². The van der Waals surface area contributed by atoms with Crippen molar-refractivity contribution < 1.29 is 9.53 Å². The highest BCUT2D eigenvalue weighted by Crippen LogP contribution is 2.22. The van der Waals surface area contributed by atoms with Crippen LogP contribution in [0.1, 0.15) is 19.8 Å². The van der Waals surface area contributed by atoms with Gasteiger partial charge in [0.2, 0.25) is 5.91 Å². The second-order valence-electron chi connectivity index (χ2n) is 3.30. The Kier molecular flexibility index (Phi) is 4.53. The first-order valence-electron chi connectivity index (χ1n) is 4.72. The summed E-state index contributed by atoms with van der Waals surface area (Å²) >= 11 is 5.36. The van der Waals surface area contributed by atoms with Gasteiger partial charge in [-0.05, 0) is 12.8 Å². The van der Waals surface area contributed by atoms with E-state index in [-0.39, 0.29) is 11.8 Å².